The Bertz CT molecular complexity index is 1110. The minimum absolute atomic E-state index is 0.0630. The number of hydrogen-bond acceptors (Lipinski definition) is 4. The molecule has 0 aliphatic heterocycles. The molecule has 0 bridgehead atoms. The predicted molar refractivity (Wildman–Crippen MR) is 154 cm³/mol. The highest BCUT2D eigenvalue weighted by atomic mass is 16.5. The van der Waals surface area contributed by atoms with Gasteiger partial charge in [-0.15, -0.1) is 0 Å². The van der Waals surface area contributed by atoms with Crippen molar-refractivity contribution in [1.29, 1.82) is 0 Å². The minimum atomic E-state index is -0.932. The molecule has 0 saturated heterocycles. The molecule has 0 spiro atoms. The Morgan fingerprint density at radius 1 is 0.947 bits per heavy atom. The first kappa shape index (κ1) is 31.4. The van der Waals surface area contributed by atoms with E-state index < -0.39 is 17.7 Å². The number of carbonyl (C=O) groups is 1. The van der Waals surface area contributed by atoms with E-state index in [1.807, 2.05) is 13.0 Å². The van der Waals surface area contributed by atoms with Gasteiger partial charge >= 0.3 is 5.97 Å². The van der Waals surface area contributed by atoms with Crippen LogP contribution in [0.1, 0.15) is 107 Å². The SMILES string of the molecule is CCCC(O)(C#Cc1ccc(C(CC)(CC)c2ccc(OCC(O)CCC(=O)O)c(C)c2)cc1C)CCC. The quantitative estimate of drug-likeness (QED) is 0.240. The lowest BCUT2D eigenvalue weighted by Crippen LogP contribution is -2.27. The number of ether oxygens (including phenoxy) is 1. The van der Waals surface area contributed by atoms with E-state index in [2.05, 4.69) is 76.8 Å². The van der Waals surface area contributed by atoms with Gasteiger partial charge in [0.1, 0.15) is 18.0 Å². The molecule has 0 amide bonds. The number of aliphatic hydroxyl groups is 2. The van der Waals surface area contributed by atoms with Gasteiger partial charge in [0.25, 0.3) is 0 Å². The number of aliphatic hydroxyl groups excluding tert-OH is 1. The van der Waals surface area contributed by atoms with Crippen LogP contribution in [0.15, 0.2) is 36.4 Å². The fourth-order valence-corrected chi connectivity index (χ4v) is 5.26. The van der Waals surface area contributed by atoms with Crippen molar-refractivity contribution in [1.82, 2.24) is 0 Å². The van der Waals surface area contributed by atoms with E-state index in [0.29, 0.717) is 18.6 Å². The summed E-state index contributed by atoms with van der Waals surface area (Å²) in [6, 6.07) is 12.7. The largest absolute Gasteiger partial charge is 0.491 e. The fourth-order valence-electron chi connectivity index (χ4n) is 5.26. The summed E-state index contributed by atoms with van der Waals surface area (Å²) in [7, 11) is 0. The Morgan fingerprint density at radius 3 is 2.03 bits per heavy atom. The van der Waals surface area contributed by atoms with Crippen LogP contribution in [0.2, 0.25) is 0 Å². The van der Waals surface area contributed by atoms with Crippen molar-refractivity contribution >= 4 is 5.97 Å². The van der Waals surface area contributed by atoms with Gasteiger partial charge in [0, 0.05) is 17.4 Å². The van der Waals surface area contributed by atoms with Gasteiger partial charge in [0.15, 0.2) is 0 Å². The maximum Gasteiger partial charge on any atom is 0.303 e. The first-order chi connectivity index (χ1) is 18.0. The summed E-state index contributed by atoms with van der Waals surface area (Å²) in [5.74, 6) is 6.19. The van der Waals surface area contributed by atoms with Crippen LogP contribution in [-0.4, -0.2) is 39.6 Å². The lowest BCUT2D eigenvalue weighted by atomic mass is 9.70. The van der Waals surface area contributed by atoms with Gasteiger partial charge < -0.3 is 20.1 Å². The number of rotatable bonds is 14. The van der Waals surface area contributed by atoms with E-state index in [4.69, 9.17) is 9.84 Å². The Hall–Kier alpha value is -2.81. The van der Waals surface area contributed by atoms with Gasteiger partial charge in [-0.25, -0.2) is 0 Å². The van der Waals surface area contributed by atoms with Crippen LogP contribution in [-0.2, 0) is 10.2 Å². The molecule has 208 valence electrons. The number of aryl methyl sites for hydroxylation is 2. The third kappa shape index (κ3) is 8.09. The topological polar surface area (TPSA) is 87.0 Å². The molecule has 5 nitrogen and oxygen atoms in total. The monoisotopic (exact) mass is 522 g/mol. The Morgan fingerprint density at radius 2 is 1.53 bits per heavy atom. The minimum Gasteiger partial charge on any atom is -0.491 e. The van der Waals surface area contributed by atoms with E-state index in [1.165, 1.54) is 11.1 Å². The zero-order chi connectivity index (χ0) is 28.3. The smallest absolute Gasteiger partial charge is 0.303 e. The van der Waals surface area contributed by atoms with E-state index in [9.17, 15) is 15.0 Å². The summed E-state index contributed by atoms with van der Waals surface area (Å²) in [5, 5.41) is 29.7. The van der Waals surface area contributed by atoms with Crippen LogP contribution in [0.5, 0.6) is 5.75 Å². The average molecular weight is 523 g/mol. The average Bonchev–Trinajstić information content (AvgIpc) is 2.88. The third-order valence-corrected chi connectivity index (χ3v) is 7.59. The zero-order valence-electron chi connectivity index (χ0n) is 24.1. The summed E-state index contributed by atoms with van der Waals surface area (Å²) in [6.45, 7) is 12.7. The molecule has 0 aliphatic rings. The molecule has 0 radical (unpaired) electrons. The maximum absolute atomic E-state index is 10.9. The van der Waals surface area contributed by atoms with Crippen molar-refractivity contribution in [3.05, 3.63) is 64.2 Å². The first-order valence-electron chi connectivity index (χ1n) is 14.0. The lowest BCUT2D eigenvalue weighted by molar-refractivity contribution is -0.137. The molecule has 0 heterocycles. The maximum atomic E-state index is 10.9. The van der Waals surface area contributed by atoms with Crippen molar-refractivity contribution in [3.8, 4) is 17.6 Å². The summed E-state index contributed by atoms with van der Waals surface area (Å²) in [6.07, 6.45) is 4.26. The van der Waals surface area contributed by atoms with E-state index in [0.717, 1.165) is 42.4 Å². The predicted octanol–water partition coefficient (Wildman–Crippen LogP) is 6.70. The van der Waals surface area contributed by atoms with Crippen LogP contribution in [0.25, 0.3) is 0 Å². The highest BCUT2D eigenvalue weighted by Gasteiger charge is 2.31. The van der Waals surface area contributed by atoms with Gasteiger partial charge in [0.05, 0.1) is 6.10 Å². The standard InChI is InChI=1S/C33H46O5/c1-7-18-32(37,19-8-2)20-17-26-11-12-27(21-24(26)5)33(9-3,10-4)28-13-15-30(25(6)22-28)38-23-29(34)14-16-31(35)36/h11-13,15,21-22,29,34,37H,7-10,14,16,18-19,23H2,1-6H3,(H,35,36). The Balaban J connectivity index is 2.32. The normalized spacial score (nSPS) is 12.5. The number of carboxylic acids is 1. The Kier molecular flexibility index (Phi) is 11.9. The van der Waals surface area contributed by atoms with Crippen LogP contribution in [0.4, 0.5) is 0 Å². The van der Waals surface area contributed by atoms with Crippen molar-refractivity contribution in [2.24, 2.45) is 0 Å². The molecule has 1 unspecified atom stereocenters. The van der Waals surface area contributed by atoms with Crippen LogP contribution >= 0.6 is 0 Å². The van der Waals surface area contributed by atoms with E-state index in [-0.39, 0.29) is 24.9 Å². The van der Waals surface area contributed by atoms with Gasteiger partial charge in [-0.1, -0.05) is 76.6 Å². The van der Waals surface area contributed by atoms with Gasteiger partial charge in [-0.3, -0.25) is 4.79 Å². The molecule has 0 aliphatic carbocycles. The molecule has 2 aromatic carbocycles. The number of carboxylic acid groups (broad SMARTS) is 1. The van der Waals surface area contributed by atoms with Crippen molar-refractivity contribution < 1.29 is 24.9 Å². The second-order valence-electron chi connectivity index (χ2n) is 10.5. The van der Waals surface area contributed by atoms with Crippen LogP contribution < -0.4 is 4.74 Å². The highest BCUT2D eigenvalue weighted by Crippen LogP contribution is 2.41. The zero-order valence-corrected chi connectivity index (χ0v) is 24.1. The van der Waals surface area contributed by atoms with E-state index >= 15 is 0 Å². The molecule has 38 heavy (non-hydrogen) atoms. The third-order valence-electron chi connectivity index (χ3n) is 7.59. The van der Waals surface area contributed by atoms with Gasteiger partial charge in [-0.05, 0) is 80.3 Å². The molecule has 0 saturated carbocycles. The number of benzene rings is 2. The van der Waals surface area contributed by atoms with E-state index in [1.54, 1.807) is 0 Å². The summed E-state index contributed by atoms with van der Waals surface area (Å²) < 4.78 is 5.82. The second-order valence-corrected chi connectivity index (χ2v) is 10.5. The van der Waals surface area contributed by atoms with Crippen LogP contribution in [0, 0.1) is 25.7 Å². The highest BCUT2D eigenvalue weighted by molar-refractivity contribution is 5.66. The first-order valence-corrected chi connectivity index (χ1v) is 14.0. The number of hydrogen-bond donors (Lipinski definition) is 3. The fraction of sp³-hybridized carbons (Fsp3) is 0.545. The molecule has 0 fully saturated rings. The Labute approximate surface area is 229 Å². The molecule has 1 atom stereocenters. The van der Waals surface area contributed by atoms with Crippen molar-refractivity contribution in [2.75, 3.05) is 6.61 Å². The number of aliphatic carboxylic acids is 1. The van der Waals surface area contributed by atoms with Crippen molar-refractivity contribution in [3.63, 3.8) is 0 Å². The summed E-state index contributed by atoms with van der Waals surface area (Å²) in [5.41, 5.74) is 4.36. The molecular weight excluding hydrogens is 476 g/mol. The second kappa shape index (κ2) is 14.4. The van der Waals surface area contributed by atoms with Gasteiger partial charge in [0.2, 0.25) is 0 Å². The van der Waals surface area contributed by atoms with Crippen molar-refractivity contribution in [2.45, 2.75) is 110 Å². The molecule has 5 heteroatoms. The summed E-state index contributed by atoms with van der Waals surface area (Å²) >= 11 is 0. The molecule has 0 aromatic heterocycles. The molecular formula is C33H46O5. The van der Waals surface area contributed by atoms with Gasteiger partial charge in [-0.2, -0.15) is 0 Å². The molecule has 2 rings (SSSR count). The van der Waals surface area contributed by atoms with Crippen LogP contribution in [0.3, 0.4) is 0 Å². The molecule has 2 aromatic rings. The molecule has 3 N–H and O–H groups in total. The lowest BCUT2D eigenvalue weighted by Gasteiger charge is -2.34. The summed E-state index contributed by atoms with van der Waals surface area (Å²) in [4.78, 5) is 10.7.